The van der Waals surface area contributed by atoms with Gasteiger partial charge < -0.3 is 9.84 Å². The summed E-state index contributed by atoms with van der Waals surface area (Å²) in [5, 5.41) is 28.8. The van der Waals surface area contributed by atoms with Gasteiger partial charge in [0.05, 0.1) is 29.4 Å². The number of benzene rings is 2. The lowest BCUT2D eigenvalue weighted by Crippen LogP contribution is -2.21. The molecule has 0 fully saturated rings. The topological polar surface area (TPSA) is 77.0 Å². The molecule has 2 aromatic rings. The minimum Gasteiger partial charge on any atom is -0.364 e. The number of rotatable bonds is 1. The number of nitriles is 2. The van der Waals surface area contributed by atoms with Gasteiger partial charge in [0.25, 0.3) is 0 Å². The molecule has 2 atom stereocenters. The van der Waals surface area contributed by atoms with Gasteiger partial charge in [-0.05, 0) is 60.7 Å². The SMILES string of the molecule is Cc1cc(C)c([C@@H]2Cc3cc(C)c(C#N)cc3[C@@H](O)O2)cc1C#N. The minimum absolute atomic E-state index is 0.312. The molecule has 0 aromatic heterocycles. The fourth-order valence-electron chi connectivity index (χ4n) is 3.31. The van der Waals surface area contributed by atoms with E-state index in [1.165, 1.54) is 0 Å². The standard InChI is InChI=1S/C20H18N2O2/c1-11-4-13(3)17(6-15(11)9-21)19-8-14-5-12(2)16(10-22)7-18(14)20(23)24-19/h4-7,19-20,23H,8H2,1-3H3/t19-,20-/m0/s1. The fraction of sp³-hybridized carbons (Fsp3) is 0.300. The molecular formula is C20H18N2O2. The zero-order chi connectivity index (χ0) is 17.4. The first kappa shape index (κ1) is 16.2. The van der Waals surface area contributed by atoms with Crippen LogP contribution in [0.5, 0.6) is 0 Å². The third kappa shape index (κ3) is 2.67. The van der Waals surface area contributed by atoms with E-state index in [4.69, 9.17) is 10.00 Å². The van der Waals surface area contributed by atoms with Crippen LogP contribution in [-0.4, -0.2) is 5.11 Å². The minimum atomic E-state index is -1.07. The molecule has 120 valence electrons. The Balaban J connectivity index is 2.05. The van der Waals surface area contributed by atoms with E-state index in [0.29, 0.717) is 23.1 Å². The number of aliphatic hydroxyl groups is 1. The Hall–Kier alpha value is -2.66. The van der Waals surface area contributed by atoms with Crippen LogP contribution in [0, 0.1) is 43.4 Å². The monoisotopic (exact) mass is 318 g/mol. The lowest BCUT2D eigenvalue weighted by Gasteiger charge is -2.31. The molecule has 0 saturated heterocycles. The summed E-state index contributed by atoms with van der Waals surface area (Å²) in [6, 6.07) is 11.8. The Morgan fingerprint density at radius 3 is 2.12 bits per heavy atom. The van der Waals surface area contributed by atoms with Gasteiger partial charge in [0, 0.05) is 12.0 Å². The quantitative estimate of drug-likeness (QED) is 0.870. The highest BCUT2D eigenvalue weighted by Gasteiger charge is 2.29. The van der Waals surface area contributed by atoms with Gasteiger partial charge in [0.2, 0.25) is 0 Å². The molecule has 0 unspecified atom stereocenters. The number of aryl methyl sites for hydroxylation is 3. The van der Waals surface area contributed by atoms with E-state index in [2.05, 4.69) is 12.1 Å². The van der Waals surface area contributed by atoms with Gasteiger partial charge >= 0.3 is 0 Å². The molecule has 1 heterocycles. The van der Waals surface area contributed by atoms with Gasteiger partial charge in [0.15, 0.2) is 6.29 Å². The van der Waals surface area contributed by atoms with Crippen LogP contribution < -0.4 is 0 Å². The van der Waals surface area contributed by atoms with Gasteiger partial charge in [-0.2, -0.15) is 10.5 Å². The third-order valence-electron chi connectivity index (χ3n) is 4.65. The zero-order valence-electron chi connectivity index (χ0n) is 13.9. The maximum Gasteiger partial charge on any atom is 0.182 e. The Kier molecular flexibility index (Phi) is 4.11. The molecule has 0 amide bonds. The second kappa shape index (κ2) is 6.09. The van der Waals surface area contributed by atoms with E-state index in [9.17, 15) is 10.4 Å². The first-order valence-electron chi connectivity index (χ1n) is 7.83. The van der Waals surface area contributed by atoms with E-state index in [-0.39, 0.29) is 6.10 Å². The van der Waals surface area contributed by atoms with Crippen LogP contribution >= 0.6 is 0 Å². The molecule has 0 aliphatic carbocycles. The summed E-state index contributed by atoms with van der Waals surface area (Å²) in [5.74, 6) is 0. The maximum atomic E-state index is 10.4. The molecule has 2 aromatic carbocycles. The number of nitrogens with zero attached hydrogens (tertiary/aromatic N) is 2. The van der Waals surface area contributed by atoms with E-state index in [0.717, 1.165) is 27.8 Å². The van der Waals surface area contributed by atoms with Gasteiger partial charge in [-0.3, -0.25) is 0 Å². The summed E-state index contributed by atoms with van der Waals surface area (Å²) in [7, 11) is 0. The predicted octanol–water partition coefficient (Wildman–Crippen LogP) is 3.66. The molecule has 4 heteroatoms. The van der Waals surface area contributed by atoms with Crippen molar-refractivity contribution < 1.29 is 9.84 Å². The number of aliphatic hydroxyl groups excluding tert-OH is 1. The van der Waals surface area contributed by atoms with Crippen molar-refractivity contribution in [3.63, 3.8) is 0 Å². The fourth-order valence-corrected chi connectivity index (χ4v) is 3.31. The summed E-state index contributed by atoms with van der Waals surface area (Å²) >= 11 is 0. The first-order valence-corrected chi connectivity index (χ1v) is 7.83. The Morgan fingerprint density at radius 2 is 1.50 bits per heavy atom. The van der Waals surface area contributed by atoms with Crippen molar-refractivity contribution in [3.8, 4) is 12.1 Å². The Labute approximate surface area is 141 Å². The summed E-state index contributed by atoms with van der Waals surface area (Å²) in [6.45, 7) is 5.79. The normalized spacial score (nSPS) is 19.2. The molecule has 1 aliphatic heterocycles. The largest absolute Gasteiger partial charge is 0.364 e. The second-order valence-corrected chi connectivity index (χ2v) is 6.29. The van der Waals surface area contributed by atoms with Gasteiger partial charge in [-0.1, -0.05) is 12.1 Å². The van der Waals surface area contributed by atoms with Crippen molar-refractivity contribution in [1.82, 2.24) is 0 Å². The van der Waals surface area contributed by atoms with Crippen molar-refractivity contribution >= 4 is 0 Å². The van der Waals surface area contributed by atoms with Crippen LogP contribution in [0.1, 0.15) is 56.9 Å². The van der Waals surface area contributed by atoms with Crippen LogP contribution in [-0.2, 0) is 11.2 Å². The molecule has 1 aliphatic rings. The van der Waals surface area contributed by atoms with E-state index < -0.39 is 6.29 Å². The molecule has 24 heavy (non-hydrogen) atoms. The average Bonchev–Trinajstić information content (AvgIpc) is 2.54. The second-order valence-electron chi connectivity index (χ2n) is 6.29. The predicted molar refractivity (Wildman–Crippen MR) is 89.0 cm³/mol. The van der Waals surface area contributed by atoms with E-state index >= 15 is 0 Å². The van der Waals surface area contributed by atoms with Crippen LogP contribution in [0.2, 0.25) is 0 Å². The van der Waals surface area contributed by atoms with E-state index in [1.54, 1.807) is 6.07 Å². The number of ether oxygens (including phenoxy) is 1. The Bertz CT molecular complexity index is 903. The zero-order valence-corrected chi connectivity index (χ0v) is 13.9. The molecule has 4 nitrogen and oxygen atoms in total. The first-order chi connectivity index (χ1) is 11.4. The molecule has 0 bridgehead atoms. The molecule has 3 rings (SSSR count). The van der Waals surface area contributed by atoms with Crippen LogP contribution in [0.25, 0.3) is 0 Å². The smallest absolute Gasteiger partial charge is 0.182 e. The van der Waals surface area contributed by atoms with Crippen molar-refractivity contribution in [2.24, 2.45) is 0 Å². The highest BCUT2D eigenvalue weighted by Crippen LogP contribution is 2.38. The van der Waals surface area contributed by atoms with Crippen molar-refractivity contribution in [2.45, 2.75) is 39.6 Å². The van der Waals surface area contributed by atoms with Crippen LogP contribution in [0.4, 0.5) is 0 Å². The Morgan fingerprint density at radius 1 is 0.917 bits per heavy atom. The van der Waals surface area contributed by atoms with E-state index in [1.807, 2.05) is 39.0 Å². The highest BCUT2D eigenvalue weighted by atomic mass is 16.6. The molecule has 1 N–H and O–H groups in total. The van der Waals surface area contributed by atoms with Gasteiger partial charge in [0.1, 0.15) is 0 Å². The van der Waals surface area contributed by atoms with Crippen LogP contribution in [0.15, 0.2) is 24.3 Å². The summed E-state index contributed by atoms with van der Waals surface area (Å²) in [5.41, 5.74) is 6.59. The summed E-state index contributed by atoms with van der Waals surface area (Å²) < 4.78 is 5.80. The molecule has 0 spiro atoms. The van der Waals surface area contributed by atoms with Gasteiger partial charge in [-0.25, -0.2) is 0 Å². The number of hydrogen-bond donors (Lipinski definition) is 1. The summed E-state index contributed by atoms with van der Waals surface area (Å²) in [6.07, 6.45) is -0.779. The third-order valence-corrected chi connectivity index (χ3v) is 4.65. The van der Waals surface area contributed by atoms with Gasteiger partial charge in [-0.15, -0.1) is 0 Å². The lowest BCUT2D eigenvalue weighted by atomic mass is 9.88. The molecule has 0 radical (unpaired) electrons. The molecule has 0 saturated carbocycles. The van der Waals surface area contributed by atoms with Crippen LogP contribution in [0.3, 0.4) is 0 Å². The van der Waals surface area contributed by atoms with Crippen molar-refractivity contribution in [1.29, 1.82) is 10.5 Å². The number of hydrogen-bond acceptors (Lipinski definition) is 4. The molecular weight excluding hydrogens is 300 g/mol. The summed E-state index contributed by atoms with van der Waals surface area (Å²) in [4.78, 5) is 0. The lowest BCUT2D eigenvalue weighted by molar-refractivity contribution is -0.151. The highest BCUT2D eigenvalue weighted by molar-refractivity contribution is 5.48. The van der Waals surface area contributed by atoms with Crippen molar-refractivity contribution in [2.75, 3.05) is 0 Å². The van der Waals surface area contributed by atoms with Crippen molar-refractivity contribution in [3.05, 3.63) is 68.8 Å². The average molecular weight is 318 g/mol. The number of fused-ring (bicyclic) bond motifs is 1. The maximum absolute atomic E-state index is 10.4.